The Morgan fingerprint density at radius 1 is 1.35 bits per heavy atom. The average Bonchev–Trinajstić information content (AvgIpc) is 2.38. The molecule has 112 valence electrons. The first-order chi connectivity index (χ1) is 9.45. The summed E-state index contributed by atoms with van der Waals surface area (Å²) >= 11 is 0. The van der Waals surface area contributed by atoms with Gasteiger partial charge < -0.3 is 9.84 Å². The van der Waals surface area contributed by atoms with Crippen molar-refractivity contribution in [3.63, 3.8) is 0 Å². The Morgan fingerprint density at radius 2 is 2.00 bits per heavy atom. The van der Waals surface area contributed by atoms with Gasteiger partial charge in [0.05, 0.1) is 18.3 Å². The zero-order valence-electron chi connectivity index (χ0n) is 12.5. The van der Waals surface area contributed by atoms with Gasteiger partial charge in [-0.3, -0.25) is 4.90 Å². The smallest absolute Gasteiger partial charge is 0.126 e. The molecule has 4 heteroatoms. The molecule has 0 amide bonds. The Balaban J connectivity index is 1.88. The lowest BCUT2D eigenvalue weighted by Crippen LogP contribution is -2.45. The SMILES string of the molecule is Cc1cc(C(O)CCN2CC(C)OC(C)C2)ccc1F. The van der Waals surface area contributed by atoms with Crippen LogP contribution in [0.2, 0.25) is 0 Å². The van der Waals surface area contributed by atoms with Crippen molar-refractivity contribution in [3.05, 3.63) is 35.1 Å². The van der Waals surface area contributed by atoms with E-state index in [9.17, 15) is 9.50 Å². The van der Waals surface area contributed by atoms with Crippen LogP contribution in [0.1, 0.15) is 37.5 Å². The van der Waals surface area contributed by atoms with E-state index in [1.807, 2.05) is 0 Å². The number of hydrogen-bond acceptors (Lipinski definition) is 3. The lowest BCUT2D eigenvalue weighted by atomic mass is 10.0. The van der Waals surface area contributed by atoms with Gasteiger partial charge in [-0.05, 0) is 44.4 Å². The highest BCUT2D eigenvalue weighted by Gasteiger charge is 2.22. The van der Waals surface area contributed by atoms with Crippen LogP contribution in [0.3, 0.4) is 0 Å². The fourth-order valence-electron chi connectivity index (χ4n) is 2.81. The van der Waals surface area contributed by atoms with Crippen molar-refractivity contribution in [3.8, 4) is 0 Å². The molecule has 1 aromatic carbocycles. The first-order valence-electron chi connectivity index (χ1n) is 7.27. The molecule has 20 heavy (non-hydrogen) atoms. The molecule has 1 aromatic rings. The van der Waals surface area contributed by atoms with Gasteiger partial charge in [-0.25, -0.2) is 4.39 Å². The van der Waals surface area contributed by atoms with E-state index in [0.29, 0.717) is 12.0 Å². The second-order valence-electron chi connectivity index (χ2n) is 5.83. The number of nitrogens with zero attached hydrogens (tertiary/aromatic N) is 1. The molecular formula is C16H24FNO2. The summed E-state index contributed by atoms with van der Waals surface area (Å²) in [5.41, 5.74) is 1.37. The third-order valence-corrected chi connectivity index (χ3v) is 3.78. The van der Waals surface area contributed by atoms with Crippen molar-refractivity contribution >= 4 is 0 Å². The van der Waals surface area contributed by atoms with Gasteiger partial charge in [-0.15, -0.1) is 0 Å². The van der Waals surface area contributed by atoms with E-state index in [4.69, 9.17) is 4.74 Å². The first-order valence-corrected chi connectivity index (χ1v) is 7.27. The Bertz CT molecular complexity index is 442. The lowest BCUT2D eigenvalue weighted by Gasteiger charge is -2.35. The first kappa shape index (κ1) is 15.4. The molecule has 0 spiro atoms. The molecule has 1 N–H and O–H groups in total. The maximum atomic E-state index is 13.2. The van der Waals surface area contributed by atoms with Gasteiger partial charge in [-0.2, -0.15) is 0 Å². The van der Waals surface area contributed by atoms with Gasteiger partial charge in [0.25, 0.3) is 0 Å². The maximum Gasteiger partial charge on any atom is 0.126 e. The summed E-state index contributed by atoms with van der Waals surface area (Å²) in [5, 5.41) is 10.2. The molecule has 1 heterocycles. The van der Waals surface area contributed by atoms with Crippen molar-refractivity contribution < 1.29 is 14.2 Å². The highest BCUT2D eigenvalue weighted by Crippen LogP contribution is 2.21. The summed E-state index contributed by atoms with van der Waals surface area (Å²) in [5.74, 6) is -0.225. The molecule has 2 rings (SSSR count). The van der Waals surface area contributed by atoms with E-state index < -0.39 is 6.10 Å². The van der Waals surface area contributed by atoms with Crippen molar-refractivity contribution in [2.45, 2.75) is 45.5 Å². The van der Waals surface area contributed by atoms with Crippen LogP contribution >= 0.6 is 0 Å². The summed E-state index contributed by atoms with van der Waals surface area (Å²) < 4.78 is 18.9. The number of aliphatic hydroxyl groups is 1. The number of ether oxygens (including phenoxy) is 1. The molecule has 0 aliphatic carbocycles. The Morgan fingerprint density at radius 3 is 2.60 bits per heavy atom. The minimum atomic E-state index is -0.539. The minimum Gasteiger partial charge on any atom is -0.388 e. The van der Waals surface area contributed by atoms with Crippen LogP contribution in [-0.2, 0) is 4.74 Å². The largest absolute Gasteiger partial charge is 0.388 e. The molecule has 0 radical (unpaired) electrons. The number of aliphatic hydroxyl groups excluding tert-OH is 1. The molecule has 1 fully saturated rings. The van der Waals surface area contributed by atoms with Crippen LogP contribution in [0.15, 0.2) is 18.2 Å². The van der Waals surface area contributed by atoms with Gasteiger partial charge >= 0.3 is 0 Å². The van der Waals surface area contributed by atoms with Crippen molar-refractivity contribution in [1.82, 2.24) is 4.90 Å². The Hall–Kier alpha value is -0.970. The van der Waals surface area contributed by atoms with Gasteiger partial charge in [0, 0.05) is 19.6 Å². The Labute approximate surface area is 120 Å². The summed E-state index contributed by atoms with van der Waals surface area (Å²) in [6.45, 7) is 8.50. The third-order valence-electron chi connectivity index (χ3n) is 3.78. The van der Waals surface area contributed by atoms with Crippen molar-refractivity contribution in [2.75, 3.05) is 19.6 Å². The van der Waals surface area contributed by atoms with E-state index >= 15 is 0 Å². The van der Waals surface area contributed by atoms with Crippen LogP contribution in [-0.4, -0.2) is 41.8 Å². The number of benzene rings is 1. The second kappa shape index (κ2) is 6.66. The topological polar surface area (TPSA) is 32.7 Å². The van der Waals surface area contributed by atoms with Crippen LogP contribution in [0.4, 0.5) is 4.39 Å². The van der Waals surface area contributed by atoms with E-state index in [1.54, 1.807) is 19.1 Å². The van der Waals surface area contributed by atoms with E-state index in [2.05, 4.69) is 18.7 Å². The van der Waals surface area contributed by atoms with E-state index in [1.165, 1.54) is 6.07 Å². The van der Waals surface area contributed by atoms with Crippen molar-refractivity contribution in [2.24, 2.45) is 0 Å². The zero-order valence-corrected chi connectivity index (χ0v) is 12.5. The van der Waals surface area contributed by atoms with Crippen LogP contribution in [0.5, 0.6) is 0 Å². The molecule has 1 aliphatic rings. The van der Waals surface area contributed by atoms with Gasteiger partial charge in [0.15, 0.2) is 0 Å². The number of morpholine rings is 1. The maximum absolute atomic E-state index is 13.2. The minimum absolute atomic E-state index is 0.225. The van der Waals surface area contributed by atoms with Gasteiger partial charge in [0.1, 0.15) is 5.82 Å². The fraction of sp³-hybridized carbons (Fsp3) is 0.625. The van der Waals surface area contributed by atoms with Crippen LogP contribution in [0.25, 0.3) is 0 Å². The number of rotatable bonds is 4. The van der Waals surface area contributed by atoms with E-state index in [0.717, 1.165) is 25.2 Å². The number of halogens is 1. The fourth-order valence-corrected chi connectivity index (χ4v) is 2.81. The molecule has 0 aromatic heterocycles. The summed E-state index contributed by atoms with van der Waals surface area (Å²) in [4.78, 5) is 2.32. The Kier molecular flexibility index (Phi) is 5.13. The molecule has 1 aliphatic heterocycles. The zero-order chi connectivity index (χ0) is 14.7. The predicted molar refractivity (Wildman–Crippen MR) is 77.2 cm³/mol. The quantitative estimate of drug-likeness (QED) is 0.921. The predicted octanol–water partition coefficient (Wildman–Crippen LogP) is 2.67. The monoisotopic (exact) mass is 281 g/mol. The van der Waals surface area contributed by atoms with E-state index in [-0.39, 0.29) is 18.0 Å². The molecule has 0 bridgehead atoms. The second-order valence-corrected chi connectivity index (χ2v) is 5.83. The average molecular weight is 281 g/mol. The highest BCUT2D eigenvalue weighted by molar-refractivity contribution is 5.25. The summed E-state index contributed by atoms with van der Waals surface area (Å²) in [6.07, 6.45) is 0.598. The molecule has 0 saturated carbocycles. The molecule has 3 unspecified atom stereocenters. The molecule has 3 atom stereocenters. The highest BCUT2D eigenvalue weighted by atomic mass is 19.1. The van der Waals surface area contributed by atoms with Crippen LogP contribution < -0.4 is 0 Å². The summed E-state index contributed by atoms with van der Waals surface area (Å²) in [7, 11) is 0. The van der Waals surface area contributed by atoms with Crippen LogP contribution in [0, 0.1) is 12.7 Å². The number of aryl methyl sites for hydroxylation is 1. The lowest BCUT2D eigenvalue weighted by molar-refractivity contribution is -0.0702. The normalized spacial score (nSPS) is 25.6. The third kappa shape index (κ3) is 4.01. The van der Waals surface area contributed by atoms with Gasteiger partial charge in [0.2, 0.25) is 0 Å². The van der Waals surface area contributed by atoms with Gasteiger partial charge in [-0.1, -0.05) is 12.1 Å². The standard InChI is InChI=1S/C16H24FNO2/c1-11-8-14(4-5-15(11)17)16(19)6-7-18-9-12(2)20-13(3)10-18/h4-5,8,12-13,16,19H,6-7,9-10H2,1-3H3. The molecule has 1 saturated heterocycles. The van der Waals surface area contributed by atoms with Crippen molar-refractivity contribution in [1.29, 1.82) is 0 Å². The number of hydrogen-bond donors (Lipinski definition) is 1. The summed E-state index contributed by atoms with van der Waals surface area (Å²) in [6, 6.07) is 4.81. The molecule has 3 nitrogen and oxygen atoms in total. The molecular weight excluding hydrogens is 257 g/mol.